The Bertz CT molecular complexity index is 990. The molecule has 1 spiro atoms. The fourth-order valence-corrected chi connectivity index (χ4v) is 5.36. The number of aromatic nitrogens is 1. The molecule has 0 bridgehead atoms. The summed E-state index contributed by atoms with van der Waals surface area (Å²) in [7, 11) is -1.23. The molecule has 2 heterocycles. The number of carbonyl (C=O) groups is 1. The Morgan fingerprint density at radius 2 is 2.04 bits per heavy atom. The quantitative estimate of drug-likeness (QED) is 0.822. The van der Waals surface area contributed by atoms with Crippen LogP contribution >= 0.6 is 0 Å². The van der Waals surface area contributed by atoms with Crippen molar-refractivity contribution in [2.45, 2.75) is 30.1 Å². The third-order valence-electron chi connectivity index (χ3n) is 5.24. The van der Waals surface area contributed by atoms with E-state index in [0.717, 1.165) is 31.5 Å². The molecule has 2 aromatic rings. The van der Waals surface area contributed by atoms with Crippen molar-refractivity contribution in [3.63, 3.8) is 0 Å². The highest BCUT2D eigenvalue weighted by molar-refractivity contribution is 7.87. The van der Waals surface area contributed by atoms with E-state index in [0.29, 0.717) is 11.5 Å². The summed E-state index contributed by atoms with van der Waals surface area (Å²) in [6, 6.07) is 5.78. The van der Waals surface area contributed by atoms with Gasteiger partial charge in [0.15, 0.2) is 0 Å². The summed E-state index contributed by atoms with van der Waals surface area (Å²) in [5.74, 6) is -1.11. The van der Waals surface area contributed by atoms with E-state index in [9.17, 15) is 17.8 Å². The molecule has 1 aromatic heterocycles. The Kier molecular flexibility index (Phi) is 4.70. The third-order valence-corrected chi connectivity index (χ3v) is 7.35. The van der Waals surface area contributed by atoms with Gasteiger partial charge in [0.2, 0.25) is 0 Å². The highest BCUT2D eigenvalue weighted by Crippen LogP contribution is 2.43. The molecular formula is C19H18F2N4O2S. The van der Waals surface area contributed by atoms with Gasteiger partial charge < -0.3 is 11.1 Å². The first-order chi connectivity index (χ1) is 13.4. The number of nitrogens with two attached hydrogens (primary N) is 1. The number of amides is 1. The van der Waals surface area contributed by atoms with E-state index in [1.54, 1.807) is 0 Å². The van der Waals surface area contributed by atoms with Crippen LogP contribution in [0.15, 0.2) is 41.5 Å². The van der Waals surface area contributed by atoms with Gasteiger partial charge in [0, 0.05) is 22.1 Å². The van der Waals surface area contributed by atoms with Gasteiger partial charge in [-0.15, -0.1) is 0 Å². The molecule has 0 radical (unpaired) electrons. The molecule has 1 fully saturated rings. The van der Waals surface area contributed by atoms with Crippen molar-refractivity contribution in [3.8, 4) is 0 Å². The average molecular weight is 404 g/mol. The first kappa shape index (κ1) is 18.7. The molecule has 2 atom stereocenters. The Balaban J connectivity index is 1.58. The van der Waals surface area contributed by atoms with Crippen molar-refractivity contribution in [2.24, 2.45) is 10.7 Å². The smallest absolute Gasteiger partial charge is 0.274 e. The van der Waals surface area contributed by atoms with Gasteiger partial charge in [0.25, 0.3) is 5.91 Å². The molecule has 2 unspecified atom stereocenters. The second kappa shape index (κ2) is 7.05. The number of hydrogen-bond donors (Lipinski definition) is 2. The highest BCUT2D eigenvalue weighted by Gasteiger charge is 2.49. The lowest BCUT2D eigenvalue weighted by Crippen LogP contribution is -2.56. The minimum absolute atomic E-state index is 0.0280. The zero-order valence-corrected chi connectivity index (χ0v) is 15.6. The largest absolute Gasteiger partial charge is 0.386 e. The number of carbonyl (C=O) groups excluding carboxylic acids is 1. The van der Waals surface area contributed by atoms with Crippen LogP contribution in [0.5, 0.6) is 0 Å². The SMILES string of the molecule is NC1=NC(c2cc(NC(=O)c3ccc(F)cn3)ccc2F)CS(=O)C12CCC2. The molecule has 1 aliphatic carbocycles. The van der Waals surface area contributed by atoms with Crippen LogP contribution in [0.4, 0.5) is 14.5 Å². The van der Waals surface area contributed by atoms with E-state index < -0.39 is 39.1 Å². The molecule has 1 aliphatic heterocycles. The van der Waals surface area contributed by atoms with E-state index >= 15 is 0 Å². The summed E-state index contributed by atoms with van der Waals surface area (Å²) < 4.78 is 39.5. The second-order valence-electron chi connectivity index (χ2n) is 6.94. The predicted molar refractivity (Wildman–Crippen MR) is 103 cm³/mol. The number of nitrogens with zero attached hydrogens (tertiary/aromatic N) is 2. The van der Waals surface area contributed by atoms with Gasteiger partial charge in [-0.25, -0.2) is 13.8 Å². The number of nitrogens with one attached hydrogen (secondary N) is 1. The highest BCUT2D eigenvalue weighted by atomic mass is 32.2. The zero-order chi connectivity index (χ0) is 19.9. The minimum Gasteiger partial charge on any atom is -0.386 e. The lowest BCUT2D eigenvalue weighted by Gasteiger charge is -2.43. The number of rotatable bonds is 3. The standard InChI is InChI=1S/C19H18F2N4O2S/c20-11-2-5-15(23-9-11)17(26)24-12-3-4-14(21)13(8-12)16-10-28(27)19(6-1-7-19)18(22)25-16/h2-5,8-9,16H,1,6-7,10H2,(H2,22,25)(H,24,26). The lowest BCUT2D eigenvalue weighted by atomic mass is 9.83. The van der Waals surface area contributed by atoms with E-state index in [1.165, 1.54) is 24.3 Å². The van der Waals surface area contributed by atoms with Gasteiger partial charge in [0.1, 0.15) is 27.9 Å². The molecule has 0 saturated heterocycles. The molecule has 1 amide bonds. The number of pyridine rings is 1. The lowest BCUT2D eigenvalue weighted by molar-refractivity contribution is 0.102. The molecule has 146 valence electrons. The molecule has 4 rings (SSSR count). The van der Waals surface area contributed by atoms with Crippen molar-refractivity contribution in [3.05, 3.63) is 59.4 Å². The molecule has 3 N–H and O–H groups in total. The minimum atomic E-state index is -1.23. The van der Waals surface area contributed by atoms with E-state index in [1.807, 2.05) is 0 Å². The first-order valence-corrected chi connectivity index (χ1v) is 10.2. The van der Waals surface area contributed by atoms with Crippen LogP contribution in [0.25, 0.3) is 0 Å². The van der Waals surface area contributed by atoms with E-state index in [2.05, 4.69) is 15.3 Å². The Labute approximate surface area is 162 Å². The maximum atomic E-state index is 14.4. The monoisotopic (exact) mass is 404 g/mol. The van der Waals surface area contributed by atoms with Gasteiger partial charge in [-0.2, -0.15) is 0 Å². The normalized spacial score (nSPS) is 23.0. The molecule has 1 saturated carbocycles. The molecular weight excluding hydrogens is 386 g/mol. The summed E-state index contributed by atoms with van der Waals surface area (Å²) in [6.45, 7) is 0. The van der Waals surface area contributed by atoms with Gasteiger partial charge >= 0.3 is 0 Å². The number of amidine groups is 1. The summed E-state index contributed by atoms with van der Waals surface area (Å²) >= 11 is 0. The zero-order valence-electron chi connectivity index (χ0n) is 14.8. The number of halogens is 2. The van der Waals surface area contributed by atoms with Gasteiger partial charge in [-0.1, -0.05) is 0 Å². The van der Waals surface area contributed by atoms with E-state index in [-0.39, 0.29) is 17.0 Å². The fraction of sp³-hybridized carbons (Fsp3) is 0.316. The average Bonchev–Trinajstić information content (AvgIpc) is 2.62. The van der Waals surface area contributed by atoms with Crippen LogP contribution in [0.2, 0.25) is 0 Å². The second-order valence-corrected chi connectivity index (χ2v) is 8.75. The van der Waals surface area contributed by atoms with Crippen LogP contribution in [0.3, 0.4) is 0 Å². The third kappa shape index (κ3) is 3.19. The molecule has 9 heteroatoms. The summed E-state index contributed by atoms with van der Waals surface area (Å²) in [6.07, 6.45) is 3.38. The molecule has 2 aliphatic rings. The van der Waals surface area contributed by atoms with Crippen LogP contribution in [0, 0.1) is 11.6 Å². The maximum Gasteiger partial charge on any atom is 0.274 e. The molecule has 28 heavy (non-hydrogen) atoms. The molecule has 6 nitrogen and oxygen atoms in total. The Morgan fingerprint density at radius 3 is 2.64 bits per heavy atom. The van der Waals surface area contributed by atoms with Gasteiger partial charge in [0.05, 0.1) is 18.0 Å². The summed E-state index contributed by atoms with van der Waals surface area (Å²) in [4.78, 5) is 20.4. The number of benzene rings is 1. The molecule has 1 aromatic carbocycles. The Morgan fingerprint density at radius 1 is 1.25 bits per heavy atom. The Hall–Kier alpha value is -2.68. The number of aliphatic imine (C=N–C) groups is 1. The van der Waals surface area contributed by atoms with Crippen molar-refractivity contribution in [1.29, 1.82) is 0 Å². The first-order valence-electron chi connectivity index (χ1n) is 8.84. The maximum absolute atomic E-state index is 14.4. The fourth-order valence-electron chi connectivity index (χ4n) is 3.47. The van der Waals surface area contributed by atoms with Crippen molar-refractivity contribution in [2.75, 3.05) is 11.1 Å². The van der Waals surface area contributed by atoms with Gasteiger partial charge in [-0.05, 0) is 49.6 Å². The summed E-state index contributed by atoms with van der Waals surface area (Å²) in [5.41, 5.74) is 6.65. The van der Waals surface area contributed by atoms with Crippen molar-refractivity contribution >= 4 is 28.2 Å². The van der Waals surface area contributed by atoms with Crippen LogP contribution in [-0.2, 0) is 10.8 Å². The van der Waals surface area contributed by atoms with Crippen LogP contribution in [-0.4, -0.2) is 31.4 Å². The van der Waals surface area contributed by atoms with Crippen LogP contribution in [0.1, 0.15) is 41.4 Å². The summed E-state index contributed by atoms with van der Waals surface area (Å²) in [5, 5.41) is 2.60. The van der Waals surface area contributed by atoms with Crippen LogP contribution < -0.4 is 11.1 Å². The van der Waals surface area contributed by atoms with Crippen molar-refractivity contribution < 1.29 is 17.8 Å². The van der Waals surface area contributed by atoms with E-state index in [4.69, 9.17) is 5.73 Å². The van der Waals surface area contributed by atoms with Crippen molar-refractivity contribution in [1.82, 2.24) is 4.98 Å². The topological polar surface area (TPSA) is 97.4 Å². The predicted octanol–water partition coefficient (Wildman–Crippen LogP) is 2.70. The van der Waals surface area contributed by atoms with Gasteiger partial charge in [-0.3, -0.25) is 14.0 Å². The number of anilines is 1. The number of hydrogen-bond acceptors (Lipinski definition) is 5.